The number of carbonyl (C=O) groups excluding carboxylic acids is 1. The van der Waals surface area contributed by atoms with E-state index < -0.39 is 0 Å². The van der Waals surface area contributed by atoms with Crippen molar-refractivity contribution in [2.24, 2.45) is 0 Å². The van der Waals surface area contributed by atoms with Crippen molar-refractivity contribution in [2.75, 3.05) is 43.6 Å². The van der Waals surface area contributed by atoms with Gasteiger partial charge in [0, 0.05) is 51.2 Å². The SMILES string of the molecule is COCCN(c1ncccc1NC(C)C)C1CCN(C(=O)c2ccc[nH]2)CC1. The predicted octanol–water partition coefficient (Wildman–Crippen LogP) is 2.99. The maximum absolute atomic E-state index is 12.6. The molecular weight excluding hydrogens is 354 g/mol. The van der Waals surface area contributed by atoms with Gasteiger partial charge in [-0.25, -0.2) is 4.98 Å². The number of carbonyl (C=O) groups is 1. The van der Waals surface area contributed by atoms with Crippen LogP contribution in [-0.4, -0.2) is 66.2 Å². The van der Waals surface area contributed by atoms with E-state index in [4.69, 9.17) is 4.74 Å². The van der Waals surface area contributed by atoms with Gasteiger partial charge >= 0.3 is 0 Å². The molecule has 0 aromatic carbocycles. The van der Waals surface area contributed by atoms with Gasteiger partial charge in [-0.2, -0.15) is 0 Å². The summed E-state index contributed by atoms with van der Waals surface area (Å²) in [5, 5.41) is 3.50. The summed E-state index contributed by atoms with van der Waals surface area (Å²) in [6.07, 6.45) is 5.45. The van der Waals surface area contributed by atoms with Crippen molar-refractivity contribution in [2.45, 2.75) is 38.8 Å². The second-order valence-corrected chi connectivity index (χ2v) is 7.47. The second-order valence-electron chi connectivity index (χ2n) is 7.47. The highest BCUT2D eigenvalue weighted by Gasteiger charge is 2.29. The van der Waals surface area contributed by atoms with Crippen LogP contribution in [0.1, 0.15) is 37.2 Å². The first-order valence-electron chi connectivity index (χ1n) is 10.00. The van der Waals surface area contributed by atoms with Crippen LogP contribution in [0.25, 0.3) is 0 Å². The Bertz CT molecular complexity index is 739. The topological polar surface area (TPSA) is 73.5 Å². The van der Waals surface area contributed by atoms with Gasteiger partial charge in [-0.3, -0.25) is 4.79 Å². The zero-order valence-corrected chi connectivity index (χ0v) is 17.0. The van der Waals surface area contributed by atoms with Crippen LogP contribution in [0.5, 0.6) is 0 Å². The molecule has 0 spiro atoms. The fourth-order valence-electron chi connectivity index (χ4n) is 3.71. The standard InChI is InChI=1S/C21H31N5O2/c1-16(2)24-18-6-4-11-23-20(18)26(14-15-28-3)17-8-12-25(13-9-17)21(27)19-7-5-10-22-19/h4-7,10-11,16-17,22,24H,8-9,12-15H2,1-3H3. The lowest BCUT2D eigenvalue weighted by Crippen LogP contribution is -2.48. The number of H-pyrrole nitrogens is 1. The van der Waals surface area contributed by atoms with E-state index in [2.05, 4.69) is 40.1 Å². The van der Waals surface area contributed by atoms with Crippen molar-refractivity contribution in [3.05, 3.63) is 42.4 Å². The maximum Gasteiger partial charge on any atom is 0.270 e. The number of rotatable bonds is 8. The molecule has 0 aliphatic carbocycles. The highest BCUT2D eigenvalue weighted by molar-refractivity contribution is 5.92. The number of hydrogen-bond acceptors (Lipinski definition) is 5. The Balaban J connectivity index is 1.72. The number of likely N-dealkylation sites (tertiary alicyclic amines) is 1. The predicted molar refractivity (Wildman–Crippen MR) is 112 cm³/mol. The molecule has 0 bridgehead atoms. The Kier molecular flexibility index (Phi) is 6.92. The molecule has 7 nitrogen and oxygen atoms in total. The lowest BCUT2D eigenvalue weighted by molar-refractivity contribution is 0.0705. The van der Waals surface area contributed by atoms with Gasteiger partial charge < -0.3 is 24.8 Å². The first kappa shape index (κ1) is 20.2. The van der Waals surface area contributed by atoms with Gasteiger partial charge in [-0.15, -0.1) is 0 Å². The molecule has 2 N–H and O–H groups in total. The van der Waals surface area contributed by atoms with Crippen molar-refractivity contribution < 1.29 is 9.53 Å². The molecular formula is C21H31N5O2. The molecule has 3 rings (SSSR count). The van der Waals surface area contributed by atoms with E-state index in [0.29, 0.717) is 24.4 Å². The van der Waals surface area contributed by atoms with E-state index in [1.807, 2.05) is 29.3 Å². The Labute approximate surface area is 167 Å². The number of amides is 1. The van der Waals surface area contributed by atoms with Crippen LogP contribution in [0.4, 0.5) is 11.5 Å². The third-order valence-electron chi connectivity index (χ3n) is 5.06. The zero-order valence-electron chi connectivity index (χ0n) is 17.0. The summed E-state index contributed by atoms with van der Waals surface area (Å²) in [6, 6.07) is 8.37. The van der Waals surface area contributed by atoms with Crippen molar-refractivity contribution in [1.29, 1.82) is 0 Å². The van der Waals surface area contributed by atoms with Gasteiger partial charge in [0.2, 0.25) is 0 Å². The molecule has 2 aromatic rings. The van der Waals surface area contributed by atoms with Crippen LogP contribution in [-0.2, 0) is 4.74 Å². The molecule has 1 amide bonds. The van der Waals surface area contributed by atoms with Crippen LogP contribution >= 0.6 is 0 Å². The minimum absolute atomic E-state index is 0.0758. The number of nitrogens with zero attached hydrogens (tertiary/aromatic N) is 3. The van der Waals surface area contributed by atoms with E-state index in [1.165, 1.54) is 0 Å². The number of piperidine rings is 1. The minimum Gasteiger partial charge on any atom is -0.383 e. The molecule has 1 aliphatic heterocycles. The van der Waals surface area contributed by atoms with Crippen molar-refractivity contribution in [1.82, 2.24) is 14.9 Å². The van der Waals surface area contributed by atoms with Crippen LogP contribution < -0.4 is 10.2 Å². The number of methoxy groups -OCH3 is 1. The average Bonchev–Trinajstić information content (AvgIpc) is 3.24. The van der Waals surface area contributed by atoms with E-state index in [0.717, 1.165) is 44.0 Å². The van der Waals surface area contributed by atoms with E-state index in [9.17, 15) is 4.79 Å². The third kappa shape index (κ3) is 4.84. The Morgan fingerprint density at radius 1 is 1.36 bits per heavy atom. The Hall–Kier alpha value is -2.54. The number of nitrogens with one attached hydrogen (secondary N) is 2. The number of anilines is 2. The maximum atomic E-state index is 12.6. The van der Waals surface area contributed by atoms with Gasteiger partial charge in [0.05, 0.1) is 12.3 Å². The second kappa shape index (κ2) is 9.59. The smallest absolute Gasteiger partial charge is 0.270 e. The molecule has 0 atom stereocenters. The van der Waals surface area contributed by atoms with Crippen molar-refractivity contribution in [3.63, 3.8) is 0 Å². The molecule has 1 saturated heterocycles. The minimum atomic E-state index is 0.0758. The van der Waals surface area contributed by atoms with Crippen LogP contribution in [0.2, 0.25) is 0 Å². The molecule has 1 fully saturated rings. The number of aromatic nitrogens is 2. The normalized spacial score (nSPS) is 15.1. The molecule has 28 heavy (non-hydrogen) atoms. The summed E-state index contributed by atoms with van der Waals surface area (Å²) in [6.45, 7) is 7.15. The van der Waals surface area contributed by atoms with Crippen molar-refractivity contribution in [3.8, 4) is 0 Å². The number of aromatic amines is 1. The molecule has 3 heterocycles. The number of ether oxygens (including phenoxy) is 1. The summed E-state index contributed by atoms with van der Waals surface area (Å²) in [5.41, 5.74) is 1.70. The van der Waals surface area contributed by atoms with Gasteiger partial charge in [-0.1, -0.05) is 0 Å². The van der Waals surface area contributed by atoms with Gasteiger partial charge in [0.25, 0.3) is 5.91 Å². The zero-order chi connectivity index (χ0) is 19.9. The molecule has 1 aliphatic rings. The highest BCUT2D eigenvalue weighted by Crippen LogP contribution is 2.29. The number of hydrogen-bond donors (Lipinski definition) is 2. The summed E-state index contributed by atoms with van der Waals surface area (Å²) in [5.74, 6) is 1.04. The molecule has 7 heteroatoms. The lowest BCUT2D eigenvalue weighted by atomic mass is 10.0. The van der Waals surface area contributed by atoms with E-state index >= 15 is 0 Å². The first-order valence-corrected chi connectivity index (χ1v) is 10.00. The van der Waals surface area contributed by atoms with Crippen molar-refractivity contribution >= 4 is 17.4 Å². The fourth-order valence-corrected chi connectivity index (χ4v) is 3.71. The fraction of sp³-hybridized carbons (Fsp3) is 0.524. The molecule has 0 radical (unpaired) electrons. The summed E-state index contributed by atoms with van der Waals surface area (Å²) < 4.78 is 5.36. The first-order chi connectivity index (χ1) is 13.6. The van der Waals surface area contributed by atoms with Gasteiger partial charge in [0.1, 0.15) is 5.69 Å². The molecule has 152 valence electrons. The largest absolute Gasteiger partial charge is 0.383 e. The van der Waals surface area contributed by atoms with Crippen LogP contribution in [0, 0.1) is 0 Å². The molecule has 2 aromatic heterocycles. The van der Waals surface area contributed by atoms with E-state index in [1.54, 1.807) is 13.3 Å². The van der Waals surface area contributed by atoms with Crippen LogP contribution in [0.3, 0.4) is 0 Å². The van der Waals surface area contributed by atoms with Gasteiger partial charge in [-0.05, 0) is 51.0 Å². The molecule has 0 unspecified atom stereocenters. The third-order valence-corrected chi connectivity index (χ3v) is 5.06. The lowest BCUT2D eigenvalue weighted by Gasteiger charge is -2.39. The van der Waals surface area contributed by atoms with E-state index in [-0.39, 0.29) is 5.91 Å². The highest BCUT2D eigenvalue weighted by atomic mass is 16.5. The average molecular weight is 386 g/mol. The summed E-state index contributed by atoms with van der Waals surface area (Å²) >= 11 is 0. The van der Waals surface area contributed by atoms with Crippen LogP contribution in [0.15, 0.2) is 36.7 Å². The quantitative estimate of drug-likeness (QED) is 0.731. The summed E-state index contributed by atoms with van der Waals surface area (Å²) in [4.78, 5) is 24.6. The van der Waals surface area contributed by atoms with Gasteiger partial charge in [0.15, 0.2) is 5.82 Å². The molecule has 0 saturated carbocycles. The Morgan fingerprint density at radius 2 is 2.14 bits per heavy atom. The number of pyridine rings is 1. The summed E-state index contributed by atoms with van der Waals surface area (Å²) in [7, 11) is 1.72. The Morgan fingerprint density at radius 3 is 2.79 bits per heavy atom. The monoisotopic (exact) mass is 385 g/mol.